The fraction of sp³-hybridized carbons (Fsp3) is 0.381. The van der Waals surface area contributed by atoms with Gasteiger partial charge < -0.3 is 0 Å². The summed E-state index contributed by atoms with van der Waals surface area (Å²) in [6.45, 7) is 2.06. The van der Waals surface area contributed by atoms with Crippen molar-refractivity contribution < 1.29 is 4.79 Å². The maximum atomic E-state index is 13.2. The van der Waals surface area contributed by atoms with E-state index in [1.54, 1.807) is 36.5 Å². The lowest BCUT2D eigenvalue weighted by molar-refractivity contribution is -0.113. The summed E-state index contributed by atoms with van der Waals surface area (Å²) in [7, 11) is 0. The fourth-order valence-corrected chi connectivity index (χ4v) is 3.99. The van der Waals surface area contributed by atoms with Gasteiger partial charge in [-0.25, -0.2) is 0 Å². The molecule has 0 saturated heterocycles. The van der Waals surface area contributed by atoms with Crippen LogP contribution in [-0.2, 0) is 4.79 Å². The highest BCUT2D eigenvalue weighted by Crippen LogP contribution is 2.34. The van der Waals surface area contributed by atoms with Crippen molar-refractivity contribution in [3.63, 3.8) is 0 Å². The molecule has 13 nitrogen and oxygen atoms in total. The summed E-state index contributed by atoms with van der Waals surface area (Å²) in [5.41, 5.74) is 35.2. The third-order valence-corrected chi connectivity index (χ3v) is 5.64. The van der Waals surface area contributed by atoms with Crippen LogP contribution in [0.2, 0.25) is 0 Å². The molecule has 0 atom stereocenters. The predicted octanol–water partition coefficient (Wildman–Crippen LogP) is 7.24. The average molecular weight is 456 g/mol. The van der Waals surface area contributed by atoms with Crippen LogP contribution in [0.3, 0.4) is 0 Å². The van der Waals surface area contributed by atoms with Crippen molar-refractivity contribution in [2.24, 2.45) is 26.4 Å². The molecule has 34 heavy (non-hydrogen) atoms. The summed E-state index contributed by atoms with van der Waals surface area (Å²) in [6.07, 6.45) is 15.2. The molecule has 3 aliphatic rings. The quantitative estimate of drug-likeness (QED) is 0.172. The largest absolute Gasteiger partial charge is 0.289 e. The van der Waals surface area contributed by atoms with E-state index in [-0.39, 0.29) is 24.5 Å². The highest BCUT2D eigenvalue weighted by atomic mass is 16.1. The Morgan fingerprint density at radius 3 is 1.47 bits per heavy atom. The number of allylic oxidation sites excluding steroid dienone is 8. The van der Waals surface area contributed by atoms with E-state index in [1.165, 1.54) is 12.2 Å². The molecule has 0 bridgehead atoms. The third kappa shape index (κ3) is 5.39. The van der Waals surface area contributed by atoms with E-state index >= 15 is 0 Å². The van der Waals surface area contributed by atoms with Crippen LogP contribution in [0.5, 0.6) is 0 Å². The summed E-state index contributed by atoms with van der Waals surface area (Å²) >= 11 is 0. The van der Waals surface area contributed by atoms with Crippen molar-refractivity contribution in [2.45, 2.75) is 43.9 Å². The number of nitrogens with zero attached hydrogens (tertiary/aromatic N) is 12. The van der Waals surface area contributed by atoms with E-state index in [2.05, 4.69) is 47.0 Å². The first-order valence-electron chi connectivity index (χ1n) is 10.4. The van der Waals surface area contributed by atoms with Crippen LogP contribution in [0.4, 0.5) is 0 Å². The second-order valence-electron chi connectivity index (χ2n) is 8.18. The Balaban J connectivity index is 1.83. The topological polar surface area (TPSA) is 212 Å². The zero-order valence-electron chi connectivity index (χ0n) is 18.3. The number of ketones is 1. The smallest absolute Gasteiger partial charge is 0.185 e. The molecule has 0 aromatic heterocycles. The van der Waals surface area contributed by atoms with Crippen LogP contribution >= 0.6 is 0 Å². The Labute approximate surface area is 194 Å². The van der Waals surface area contributed by atoms with Crippen LogP contribution < -0.4 is 0 Å². The van der Waals surface area contributed by atoms with Gasteiger partial charge in [0.2, 0.25) is 0 Å². The fourth-order valence-electron chi connectivity index (χ4n) is 3.99. The summed E-state index contributed by atoms with van der Waals surface area (Å²) in [5.74, 6) is 0.179. The molecule has 3 rings (SSSR count). The van der Waals surface area contributed by atoms with E-state index in [9.17, 15) is 4.79 Å². The zero-order valence-corrected chi connectivity index (χ0v) is 18.3. The Bertz CT molecular complexity index is 1140. The number of hydrogen-bond donors (Lipinski definition) is 0. The second-order valence-corrected chi connectivity index (χ2v) is 8.18. The van der Waals surface area contributed by atoms with Gasteiger partial charge in [-0.2, -0.15) is 0 Å². The van der Waals surface area contributed by atoms with E-state index in [1.807, 2.05) is 0 Å². The van der Waals surface area contributed by atoms with Crippen molar-refractivity contribution in [3.05, 3.63) is 113 Å². The number of Topliss-reactive ketones (excluding diaryl/α,β-unsaturated/α-hetero) is 1. The Hall–Kier alpha value is -4.65. The van der Waals surface area contributed by atoms with Gasteiger partial charge >= 0.3 is 0 Å². The molecule has 0 aromatic carbocycles. The molecule has 0 amide bonds. The molecule has 0 aliphatic heterocycles. The molecular weight excluding hydrogens is 436 g/mol. The van der Waals surface area contributed by atoms with Gasteiger partial charge in [0.05, 0.1) is 0 Å². The number of rotatable bonds is 6. The monoisotopic (exact) mass is 456 g/mol. The zero-order chi connectivity index (χ0) is 24.6. The summed E-state index contributed by atoms with van der Waals surface area (Å²) in [6, 6.07) is 0. The first-order chi connectivity index (χ1) is 16.4. The summed E-state index contributed by atoms with van der Waals surface area (Å²) < 4.78 is 0. The van der Waals surface area contributed by atoms with Crippen LogP contribution in [0.15, 0.2) is 91.4 Å². The summed E-state index contributed by atoms with van der Waals surface area (Å²) in [5, 5.41) is 14.4. The van der Waals surface area contributed by atoms with Gasteiger partial charge in [-0.3, -0.25) is 4.79 Å². The highest BCUT2D eigenvalue weighted by Gasteiger charge is 2.29. The first-order valence-corrected chi connectivity index (χ1v) is 10.4. The third-order valence-electron chi connectivity index (χ3n) is 5.64. The van der Waals surface area contributed by atoms with Gasteiger partial charge in [-0.05, 0) is 77.0 Å². The van der Waals surface area contributed by atoms with Crippen molar-refractivity contribution in [1.82, 2.24) is 0 Å². The molecule has 0 aromatic rings. The van der Waals surface area contributed by atoms with E-state index in [0.29, 0.717) is 24.0 Å². The molecule has 0 N–H and O–H groups in total. The molecule has 0 spiro atoms. The molecule has 1 saturated carbocycles. The van der Waals surface area contributed by atoms with Gasteiger partial charge in [0.15, 0.2) is 5.78 Å². The van der Waals surface area contributed by atoms with E-state index in [4.69, 9.17) is 22.1 Å². The van der Waals surface area contributed by atoms with Gasteiger partial charge in [-0.1, -0.05) is 63.8 Å². The normalized spacial score (nSPS) is 30.3. The van der Waals surface area contributed by atoms with Gasteiger partial charge in [0.1, 0.15) is 11.3 Å². The predicted molar refractivity (Wildman–Crippen MR) is 125 cm³/mol. The number of carbonyl (C=O) groups is 1. The molecular formula is C21H20N12O. The molecule has 13 heteroatoms. The molecule has 170 valence electrons. The van der Waals surface area contributed by atoms with Crippen LogP contribution in [-0.4, -0.2) is 17.1 Å². The Morgan fingerprint density at radius 2 is 1.18 bits per heavy atom. The molecule has 0 unspecified atom stereocenters. The molecule has 1 fully saturated rings. The minimum Gasteiger partial charge on any atom is -0.289 e. The van der Waals surface area contributed by atoms with Crippen molar-refractivity contribution in [2.75, 3.05) is 0 Å². The number of hydrogen-bond acceptors (Lipinski definition) is 5. The Kier molecular flexibility index (Phi) is 7.28. The molecule has 0 radical (unpaired) electrons. The average Bonchev–Trinajstić information content (AvgIpc) is 2.81. The second kappa shape index (κ2) is 10.3. The van der Waals surface area contributed by atoms with E-state index in [0.717, 1.165) is 11.1 Å². The molecule has 0 heterocycles. The van der Waals surface area contributed by atoms with Crippen LogP contribution in [0.1, 0.15) is 32.6 Å². The van der Waals surface area contributed by atoms with Crippen molar-refractivity contribution >= 4 is 5.78 Å². The van der Waals surface area contributed by atoms with Crippen LogP contribution in [0, 0.1) is 5.92 Å². The van der Waals surface area contributed by atoms with Crippen LogP contribution in [0.25, 0.3) is 41.8 Å². The lowest BCUT2D eigenvalue weighted by Crippen LogP contribution is -2.21. The summed E-state index contributed by atoms with van der Waals surface area (Å²) in [4.78, 5) is 24.2. The first kappa shape index (κ1) is 24.0. The highest BCUT2D eigenvalue weighted by molar-refractivity contribution is 6.09. The number of carbonyl (C=O) groups excluding carboxylic acids is 1. The minimum absolute atomic E-state index is 0.0643. The van der Waals surface area contributed by atoms with Crippen molar-refractivity contribution in [1.29, 1.82) is 0 Å². The lowest BCUT2D eigenvalue weighted by atomic mass is 9.80. The SMILES string of the molecule is CC1CC(=CC2=CCC(N=[N+]=[N-])(N=[N+]=[N-])C=C2)C(=O)C(=CC2=CCC(N=[N+]=[N-])(N=[N+]=[N-])C=C2)C1. The lowest BCUT2D eigenvalue weighted by Gasteiger charge is -2.25. The standard InChI is InChI=1S/C21H20N12O/c1-14-10-17(12-15-2-6-20(7-3-15,26-30-22)27-31-23)19(34)18(11-14)13-16-4-8-21(9-5-16,28-32-24)29-33-25/h2-6,8,12-14H,7,9-11H2,1H3. The van der Waals surface area contributed by atoms with E-state index < -0.39 is 11.3 Å². The van der Waals surface area contributed by atoms with Gasteiger partial charge in [0, 0.05) is 30.8 Å². The van der Waals surface area contributed by atoms with Gasteiger partial charge in [0.25, 0.3) is 0 Å². The number of azide groups is 2. The van der Waals surface area contributed by atoms with Crippen molar-refractivity contribution in [3.8, 4) is 0 Å². The Morgan fingerprint density at radius 1 is 0.794 bits per heavy atom. The minimum atomic E-state index is -1.32. The maximum absolute atomic E-state index is 13.2. The molecule has 3 aliphatic carbocycles. The van der Waals surface area contributed by atoms with Gasteiger partial charge in [-0.15, -0.1) is 0 Å². The maximum Gasteiger partial charge on any atom is 0.185 e.